The SMILES string of the molecule is C[NH+]1CCC([NH2+]CCO)CC1. The van der Waals surface area contributed by atoms with Gasteiger partial charge >= 0.3 is 0 Å². The molecule has 0 saturated carbocycles. The summed E-state index contributed by atoms with van der Waals surface area (Å²) in [5.41, 5.74) is 0. The highest BCUT2D eigenvalue weighted by atomic mass is 16.3. The molecule has 0 aromatic rings. The number of likely N-dealkylation sites (tertiary alicyclic amines) is 1. The monoisotopic (exact) mass is 160 g/mol. The van der Waals surface area contributed by atoms with Gasteiger partial charge in [0.05, 0.1) is 39.3 Å². The average Bonchev–Trinajstić information content (AvgIpc) is 2.04. The maximum atomic E-state index is 8.61. The van der Waals surface area contributed by atoms with E-state index in [0.717, 1.165) is 12.6 Å². The minimum absolute atomic E-state index is 0.319. The summed E-state index contributed by atoms with van der Waals surface area (Å²) in [6, 6.07) is 0.783. The van der Waals surface area contributed by atoms with E-state index in [2.05, 4.69) is 12.4 Å². The zero-order chi connectivity index (χ0) is 8.10. The van der Waals surface area contributed by atoms with Gasteiger partial charge in [0.15, 0.2) is 0 Å². The first kappa shape index (κ1) is 8.97. The molecular weight excluding hydrogens is 140 g/mol. The van der Waals surface area contributed by atoms with Crippen LogP contribution in [0.3, 0.4) is 0 Å². The van der Waals surface area contributed by atoms with E-state index in [1.165, 1.54) is 25.9 Å². The fourth-order valence-corrected chi connectivity index (χ4v) is 1.68. The van der Waals surface area contributed by atoms with Crippen LogP contribution in [0.15, 0.2) is 0 Å². The van der Waals surface area contributed by atoms with Crippen LogP contribution in [0.1, 0.15) is 12.8 Å². The Morgan fingerprint density at radius 1 is 1.45 bits per heavy atom. The van der Waals surface area contributed by atoms with Gasteiger partial charge in [-0.1, -0.05) is 0 Å². The predicted octanol–water partition coefficient (Wildman–Crippen LogP) is -2.78. The third-order valence-electron chi connectivity index (χ3n) is 2.51. The van der Waals surface area contributed by atoms with Crippen molar-refractivity contribution < 1.29 is 15.3 Å². The van der Waals surface area contributed by atoms with Crippen molar-refractivity contribution in [2.45, 2.75) is 18.9 Å². The van der Waals surface area contributed by atoms with Gasteiger partial charge in [0.1, 0.15) is 0 Å². The lowest BCUT2D eigenvalue weighted by Gasteiger charge is -2.24. The standard InChI is InChI=1S/C8H18N2O/c1-10-5-2-8(3-6-10)9-4-7-11/h8-9,11H,2-7H2,1H3/p+2. The number of rotatable bonds is 3. The Morgan fingerprint density at radius 2 is 2.09 bits per heavy atom. The van der Waals surface area contributed by atoms with Crippen LogP contribution < -0.4 is 10.2 Å². The van der Waals surface area contributed by atoms with E-state index in [1.54, 1.807) is 4.90 Å². The molecule has 4 N–H and O–H groups in total. The van der Waals surface area contributed by atoms with E-state index in [1.807, 2.05) is 0 Å². The molecule has 0 aromatic carbocycles. The molecule has 3 heteroatoms. The molecular formula is C8H20N2O+2. The van der Waals surface area contributed by atoms with Crippen LogP contribution in [0.2, 0.25) is 0 Å². The summed E-state index contributed by atoms with van der Waals surface area (Å²) < 4.78 is 0. The van der Waals surface area contributed by atoms with Gasteiger partial charge in [0.2, 0.25) is 0 Å². The number of aliphatic hydroxyl groups excluding tert-OH is 1. The molecule has 0 aliphatic carbocycles. The lowest BCUT2D eigenvalue weighted by molar-refractivity contribution is -0.894. The van der Waals surface area contributed by atoms with Crippen molar-refractivity contribution in [3.8, 4) is 0 Å². The molecule has 1 rings (SSSR count). The highest BCUT2D eigenvalue weighted by molar-refractivity contribution is 4.56. The summed E-state index contributed by atoms with van der Waals surface area (Å²) in [4.78, 5) is 1.65. The van der Waals surface area contributed by atoms with Gasteiger partial charge in [0, 0.05) is 12.8 Å². The molecule has 0 aromatic heterocycles. The highest BCUT2D eigenvalue weighted by Crippen LogP contribution is 1.91. The average molecular weight is 160 g/mol. The van der Waals surface area contributed by atoms with Crippen LogP contribution in [0.4, 0.5) is 0 Å². The van der Waals surface area contributed by atoms with Gasteiger partial charge in [0.25, 0.3) is 0 Å². The number of quaternary nitrogens is 2. The Bertz CT molecular complexity index is 97.5. The van der Waals surface area contributed by atoms with Crippen LogP contribution in [-0.2, 0) is 0 Å². The first-order valence-corrected chi connectivity index (χ1v) is 4.58. The van der Waals surface area contributed by atoms with Gasteiger partial charge in [-0.15, -0.1) is 0 Å². The number of hydrogen-bond donors (Lipinski definition) is 3. The van der Waals surface area contributed by atoms with Crippen molar-refractivity contribution in [1.29, 1.82) is 0 Å². The van der Waals surface area contributed by atoms with Crippen molar-refractivity contribution in [2.24, 2.45) is 0 Å². The highest BCUT2D eigenvalue weighted by Gasteiger charge is 2.20. The number of hydrogen-bond acceptors (Lipinski definition) is 1. The van der Waals surface area contributed by atoms with Gasteiger partial charge in [-0.2, -0.15) is 0 Å². The van der Waals surface area contributed by atoms with E-state index in [4.69, 9.17) is 5.11 Å². The lowest BCUT2D eigenvalue weighted by atomic mass is 10.1. The summed E-state index contributed by atoms with van der Waals surface area (Å²) in [7, 11) is 2.25. The lowest BCUT2D eigenvalue weighted by Crippen LogP contribution is -3.12. The molecule has 1 heterocycles. The van der Waals surface area contributed by atoms with E-state index >= 15 is 0 Å². The Balaban J connectivity index is 2.07. The van der Waals surface area contributed by atoms with Gasteiger partial charge < -0.3 is 15.3 Å². The first-order chi connectivity index (χ1) is 5.33. The number of nitrogens with two attached hydrogens (primary N) is 1. The van der Waals surface area contributed by atoms with Crippen LogP contribution in [0.5, 0.6) is 0 Å². The third kappa shape index (κ3) is 3.18. The van der Waals surface area contributed by atoms with Crippen molar-refractivity contribution in [1.82, 2.24) is 0 Å². The minimum Gasteiger partial charge on any atom is -0.391 e. The van der Waals surface area contributed by atoms with Gasteiger partial charge in [-0.25, -0.2) is 0 Å². The molecule has 1 saturated heterocycles. The van der Waals surface area contributed by atoms with E-state index in [0.29, 0.717) is 6.61 Å². The predicted molar refractivity (Wildman–Crippen MR) is 43.5 cm³/mol. The van der Waals surface area contributed by atoms with Crippen LogP contribution >= 0.6 is 0 Å². The normalized spacial score (nSPS) is 32.2. The molecule has 11 heavy (non-hydrogen) atoms. The summed E-state index contributed by atoms with van der Waals surface area (Å²) in [6.45, 7) is 3.79. The van der Waals surface area contributed by atoms with E-state index < -0.39 is 0 Å². The van der Waals surface area contributed by atoms with Gasteiger partial charge in [-0.05, 0) is 0 Å². The largest absolute Gasteiger partial charge is 0.391 e. The van der Waals surface area contributed by atoms with Crippen molar-refractivity contribution in [3.63, 3.8) is 0 Å². The first-order valence-electron chi connectivity index (χ1n) is 4.58. The van der Waals surface area contributed by atoms with E-state index in [9.17, 15) is 0 Å². The smallest absolute Gasteiger partial charge is 0.0992 e. The summed E-state index contributed by atoms with van der Waals surface area (Å²) >= 11 is 0. The Hall–Kier alpha value is -0.120. The fraction of sp³-hybridized carbons (Fsp3) is 1.00. The minimum atomic E-state index is 0.319. The Morgan fingerprint density at radius 3 is 2.64 bits per heavy atom. The topological polar surface area (TPSA) is 41.3 Å². The van der Waals surface area contributed by atoms with Gasteiger partial charge in [-0.3, -0.25) is 0 Å². The molecule has 1 fully saturated rings. The molecule has 0 atom stereocenters. The zero-order valence-corrected chi connectivity index (χ0v) is 7.34. The fourth-order valence-electron chi connectivity index (χ4n) is 1.68. The molecule has 0 radical (unpaired) electrons. The summed E-state index contributed by atoms with van der Waals surface area (Å²) in [6.07, 6.45) is 2.62. The molecule has 66 valence electrons. The zero-order valence-electron chi connectivity index (χ0n) is 7.34. The molecule has 0 amide bonds. The van der Waals surface area contributed by atoms with Crippen molar-refractivity contribution in [3.05, 3.63) is 0 Å². The second kappa shape index (κ2) is 4.70. The molecule has 1 aliphatic heterocycles. The van der Waals surface area contributed by atoms with Crippen LogP contribution in [0.25, 0.3) is 0 Å². The van der Waals surface area contributed by atoms with Crippen molar-refractivity contribution in [2.75, 3.05) is 33.3 Å². The maximum absolute atomic E-state index is 8.61. The Labute approximate surface area is 68.4 Å². The van der Waals surface area contributed by atoms with E-state index in [-0.39, 0.29) is 0 Å². The van der Waals surface area contributed by atoms with Crippen LogP contribution in [0, 0.1) is 0 Å². The molecule has 0 bridgehead atoms. The number of nitrogens with one attached hydrogen (secondary N) is 1. The second-order valence-corrected chi connectivity index (χ2v) is 3.54. The number of aliphatic hydroxyl groups is 1. The third-order valence-corrected chi connectivity index (χ3v) is 2.51. The molecule has 0 unspecified atom stereocenters. The molecule has 0 spiro atoms. The van der Waals surface area contributed by atoms with Crippen molar-refractivity contribution >= 4 is 0 Å². The molecule has 3 nitrogen and oxygen atoms in total. The second-order valence-electron chi connectivity index (χ2n) is 3.54. The quantitative estimate of drug-likeness (QED) is 0.411. The summed E-state index contributed by atoms with van der Waals surface area (Å²) in [5.74, 6) is 0. The maximum Gasteiger partial charge on any atom is 0.0992 e. The summed E-state index contributed by atoms with van der Waals surface area (Å²) in [5, 5.41) is 10.9. The number of piperidine rings is 1. The molecule has 1 aliphatic rings. The van der Waals surface area contributed by atoms with Crippen LogP contribution in [-0.4, -0.2) is 44.4 Å². The Kier molecular flexibility index (Phi) is 3.83.